The van der Waals surface area contributed by atoms with Crippen molar-refractivity contribution in [2.75, 3.05) is 57.7 Å². The van der Waals surface area contributed by atoms with Gasteiger partial charge in [0.05, 0.1) is 19.8 Å². The number of anilines is 1. The molecule has 1 aromatic carbocycles. The number of likely N-dealkylation sites (N-methyl/N-ethyl adjacent to an activating group) is 1. The predicted octanol–water partition coefficient (Wildman–Crippen LogP) is -0.0213. The summed E-state index contributed by atoms with van der Waals surface area (Å²) >= 11 is 3.08. The molecule has 0 saturated carbocycles. The standard InChI is InChI=1S/C18H25N3O4S2/c1-20(11-16(22)19-13-6-4-5-7-14(13)26-3)12-17(23)21-8-9-27-15(10-21)18(24)25-2/h4-7,15H,8-12H2,1-3H3,(H,19,22)/p+1/t15-/m1/s1. The zero-order valence-corrected chi connectivity index (χ0v) is 17.5. The van der Waals surface area contributed by atoms with Crippen LogP contribution in [0, 0.1) is 0 Å². The second-order valence-corrected chi connectivity index (χ2v) is 8.44. The van der Waals surface area contributed by atoms with Gasteiger partial charge in [-0.05, 0) is 18.4 Å². The van der Waals surface area contributed by atoms with Gasteiger partial charge < -0.3 is 19.9 Å². The Bertz CT molecular complexity index is 686. The largest absolute Gasteiger partial charge is 0.468 e. The van der Waals surface area contributed by atoms with Gasteiger partial charge in [0.15, 0.2) is 13.1 Å². The summed E-state index contributed by atoms with van der Waals surface area (Å²) in [6.45, 7) is 1.36. The molecule has 7 nitrogen and oxygen atoms in total. The van der Waals surface area contributed by atoms with E-state index in [1.807, 2.05) is 37.6 Å². The molecule has 0 radical (unpaired) electrons. The van der Waals surface area contributed by atoms with Crippen molar-refractivity contribution < 1.29 is 24.0 Å². The first kappa shape index (κ1) is 21.6. The van der Waals surface area contributed by atoms with Gasteiger partial charge in [-0.15, -0.1) is 23.5 Å². The highest BCUT2D eigenvalue weighted by Gasteiger charge is 2.30. The molecule has 148 valence electrons. The van der Waals surface area contributed by atoms with Gasteiger partial charge in [0.1, 0.15) is 5.25 Å². The van der Waals surface area contributed by atoms with Gasteiger partial charge in [0, 0.05) is 23.7 Å². The predicted molar refractivity (Wildman–Crippen MR) is 108 cm³/mol. The molecule has 2 atom stereocenters. The number of nitrogens with one attached hydrogen (secondary N) is 2. The van der Waals surface area contributed by atoms with Gasteiger partial charge in [-0.25, -0.2) is 0 Å². The van der Waals surface area contributed by atoms with Crippen LogP contribution in [0.3, 0.4) is 0 Å². The number of amides is 2. The van der Waals surface area contributed by atoms with Crippen molar-refractivity contribution in [3.05, 3.63) is 24.3 Å². The summed E-state index contributed by atoms with van der Waals surface area (Å²) in [6.07, 6.45) is 1.96. The van der Waals surface area contributed by atoms with Crippen LogP contribution in [0.15, 0.2) is 29.2 Å². The van der Waals surface area contributed by atoms with Crippen molar-refractivity contribution in [1.82, 2.24) is 4.90 Å². The lowest BCUT2D eigenvalue weighted by Gasteiger charge is -2.31. The average molecular weight is 413 g/mol. The Kier molecular flexibility index (Phi) is 8.46. The second-order valence-electron chi connectivity index (χ2n) is 6.28. The first-order valence-corrected chi connectivity index (χ1v) is 10.9. The maximum atomic E-state index is 12.5. The van der Waals surface area contributed by atoms with Gasteiger partial charge in [-0.1, -0.05) is 12.1 Å². The van der Waals surface area contributed by atoms with Crippen LogP contribution in [0.25, 0.3) is 0 Å². The number of esters is 1. The minimum atomic E-state index is -0.334. The third kappa shape index (κ3) is 6.44. The lowest BCUT2D eigenvalue weighted by molar-refractivity contribution is -0.862. The van der Waals surface area contributed by atoms with Gasteiger partial charge in [-0.3, -0.25) is 14.4 Å². The first-order chi connectivity index (χ1) is 12.9. The fraction of sp³-hybridized carbons (Fsp3) is 0.500. The van der Waals surface area contributed by atoms with E-state index in [0.717, 1.165) is 15.5 Å². The molecular weight excluding hydrogens is 386 g/mol. The van der Waals surface area contributed by atoms with E-state index in [1.54, 1.807) is 16.7 Å². The van der Waals surface area contributed by atoms with Gasteiger partial charge in [-0.2, -0.15) is 0 Å². The third-order valence-corrected chi connectivity index (χ3v) is 6.14. The highest BCUT2D eigenvalue weighted by Crippen LogP contribution is 2.24. The fourth-order valence-electron chi connectivity index (χ4n) is 2.80. The van der Waals surface area contributed by atoms with E-state index < -0.39 is 0 Å². The molecule has 1 aromatic rings. The summed E-state index contributed by atoms with van der Waals surface area (Å²) in [5, 5.41) is 2.57. The molecule has 1 aliphatic heterocycles. The third-order valence-electron chi connectivity index (χ3n) is 4.18. The maximum absolute atomic E-state index is 12.5. The van der Waals surface area contributed by atoms with E-state index in [2.05, 4.69) is 5.32 Å². The lowest BCUT2D eigenvalue weighted by atomic mass is 10.3. The monoisotopic (exact) mass is 412 g/mol. The molecule has 0 aromatic heterocycles. The van der Waals surface area contributed by atoms with Crippen LogP contribution in [0.4, 0.5) is 5.69 Å². The average Bonchev–Trinajstić information content (AvgIpc) is 2.67. The summed E-state index contributed by atoms with van der Waals surface area (Å²) < 4.78 is 4.77. The second kappa shape index (κ2) is 10.6. The molecule has 1 saturated heterocycles. The van der Waals surface area contributed by atoms with Crippen molar-refractivity contribution >= 4 is 47.0 Å². The molecule has 2 N–H and O–H groups in total. The van der Waals surface area contributed by atoms with E-state index >= 15 is 0 Å². The van der Waals surface area contributed by atoms with Crippen LogP contribution in [0.2, 0.25) is 0 Å². The van der Waals surface area contributed by atoms with Crippen molar-refractivity contribution in [2.24, 2.45) is 0 Å². The number of ether oxygens (including phenoxy) is 1. The number of para-hydroxylation sites is 1. The number of carbonyl (C=O) groups is 3. The fourth-order valence-corrected chi connectivity index (χ4v) is 4.48. The smallest absolute Gasteiger partial charge is 0.320 e. The molecule has 2 amide bonds. The van der Waals surface area contributed by atoms with E-state index in [0.29, 0.717) is 18.8 Å². The van der Waals surface area contributed by atoms with Gasteiger partial charge in [0.25, 0.3) is 11.8 Å². The number of benzene rings is 1. The van der Waals surface area contributed by atoms with Crippen molar-refractivity contribution in [1.29, 1.82) is 0 Å². The van der Waals surface area contributed by atoms with E-state index in [1.165, 1.54) is 18.9 Å². The molecule has 1 unspecified atom stereocenters. The van der Waals surface area contributed by atoms with E-state index in [-0.39, 0.29) is 36.1 Å². The molecule has 9 heteroatoms. The SMILES string of the molecule is COC(=O)[C@H]1CN(C(=O)C[NH+](C)CC(=O)Nc2ccccc2SC)CCS1. The Morgan fingerprint density at radius 3 is 2.78 bits per heavy atom. The Hall–Kier alpha value is -1.71. The quantitative estimate of drug-likeness (QED) is 0.484. The number of hydrogen-bond donors (Lipinski definition) is 2. The van der Waals surface area contributed by atoms with Crippen LogP contribution in [-0.2, 0) is 19.1 Å². The zero-order valence-electron chi connectivity index (χ0n) is 15.8. The molecule has 2 rings (SSSR count). The molecule has 0 aliphatic carbocycles. The molecule has 1 heterocycles. The minimum absolute atomic E-state index is 0.0565. The first-order valence-electron chi connectivity index (χ1n) is 8.66. The minimum Gasteiger partial charge on any atom is -0.468 e. The molecule has 27 heavy (non-hydrogen) atoms. The van der Waals surface area contributed by atoms with Gasteiger partial charge >= 0.3 is 5.97 Å². The van der Waals surface area contributed by atoms with Crippen LogP contribution in [0.1, 0.15) is 0 Å². The number of nitrogens with zero attached hydrogens (tertiary/aromatic N) is 1. The van der Waals surface area contributed by atoms with Crippen molar-refractivity contribution in [3.63, 3.8) is 0 Å². The highest BCUT2D eigenvalue weighted by atomic mass is 32.2. The number of methoxy groups -OCH3 is 1. The molecule has 0 bridgehead atoms. The van der Waals surface area contributed by atoms with Crippen LogP contribution in [0.5, 0.6) is 0 Å². The topological polar surface area (TPSA) is 80.2 Å². The van der Waals surface area contributed by atoms with Crippen LogP contribution in [-0.4, -0.2) is 80.3 Å². The summed E-state index contributed by atoms with van der Waals surface area (Å²) in [4.78, 5) is 40.0. The zero-order chi connectivity index (χ0) is 19.8. The Morgan fingerprint density at radius 2 is 2.07 bits per heavy atom. The van der Waals surface area contributed by atoms with E-state index in [9.17, 15) is 14.4 Å². The van der Waals surface area contributed by atoms with Crippen LogP contribution >= 0.6 is 23.5 Å². The van der Waals surface area contributed by atoms with Crippen LogP contribution < -0.4 is 10.2 Å². The number of carbonyl (C=O) groups excluding carboxylic acids is 3. The van der Waals surface area contributed by atoms with Gasteiger partial charge in [0.2, 0.25) is 0 Å². The lowest BCUT2D eigenvalue weighted by Crippen LogP contribution is -3.11. The Balaban J connectivity index is 1.83. The Labute approximate surface area is 168 Å². The normalized spacial score (nSPS) is 17.9. The Morgan fingerprint density at radius 1 is 1.33 bits per heavy atom. The summed E-state index contributed by atoms with van der Waals surface area (Å²) in [5.74, 6) is 0.212. The van der Waals surface area contributed by atoms with Crippen molar-refractivity contribution in [3.8, 4) is 0 Å². The van der Waals surface area contributed by atoms with Crippen molar-refractivity contribution in [2.45, 2.75) is 10.1 Å². The highest BCUT2D eigenvalue weighted by molar-refractivity contribution is 8.00. The summed E-state index contributed by atoms with van der Waals surface area (Å²) in [7, 11) is 3.17. The number of hydrogen-bond acceptors (Lipinski definition) is 6. The number of quaternary nitrogens is 1. The number of thioether (sulfide) groups is 2. The molecular formula is C18H26N3O4S2+. The number of rotatable bonds is 7. The summed E-state index contributed by atoms with van der Waals surface area (Å²) in [6, 6.07) is 7.62. The molecule has 1 fully saturated rings. The summed E-state index contributed by atoms with van der Waals surface area (Å²) in [5.41, 5.74) is 0.781. The molecule has 0 spiro atoms. The molecule has 1 aliphatic rings. The van der Waals surface area contributed by atoms with E-state index in [4.69, 9.17) is 4.74 Å². The maximum Gasteiger partial charge on any atom is 0.320 e.